The highest BCUT2D eigenvalue weighted by molar-refractivity contribution is 6.01. The Morgan fingerprint density at radius 1 is 1.08 bits per heavy atom. The summed E-state index contributed by atoms with van der Waals surface area (Å²) in [6.07, 6.45) is 0.399. The minimum Gasteiger partial charge on any atom is -0.374 e. The van der Waals surface area contributed by atoms with E-state index in [4.69, 9.17) is 14.2 Å². The lowest BCUT2D eigenvalue weighted by molar-refractivity contribution is -0.160. The van der Waals surface area contributed by atoms with Gasteiger partial charge in [-0.25, -0.2) is 0 Å². The van der Waals surface area contributed by atoms with Gasteiger partial charge in [-0.2, -0.15) is 0 Å². The van der Waals surface area contributed by atoms with Gasteiger partial charge in [0.25, 0.3) is 0 Å². The molecule has 0 aliphatic carbocycles. The van der Waals surface area contributed by atoms with E-state index in [1.54, 1.807) is 0 Å². The van der Waals surface area contributed by atoms with Gasteiger partial charge in [0.05, 0.1) is 39.0 Å². The molecular weight excluding hydrogens is 310 g/mol. The number of Topliss-reactive ketones (excluding diaryl/α,β-unsaturated/α-hetero) is 1. The fraction of sp³-hybridized carbons (Fsp3) is 0.556. The molecule has 0 radical (unpaired) electrons. The average Bonchev–Trinajstić information content (AvgIpc) is 2.60. The van der Waals surface area contributed by atoms with Crippen LogP contribution in [0.15, 0.2) is 30.3 Å². The number of carbonyl (C=O) groups is 2. The first kappa shape index (κ1) is 17.1. The number of nitrogens with one attached hydrogen (secondary N) is 1. The predicted octanol–water partition coefficient (Wildman–Crippen LogP) is 1.08. The Bertz CT molecular complexity index is 554. The summed E-state index contributed by atoms with van der Waals surface area (Å²) < 4.78 is 17.2. The standard InChI is InChI=1S/C18H23NO5/c20-17-7-18(21)19-8-14(17)6-15-11-24-16(12-23-15)10-22-9-13-4-2-1-3-5-13/h1-5,14-16H,6-12H2,(H,19,21)/t14?,15-,16+/m0/s1. The van der Waals surface area contributed by atoms with Crippen LogP contribution >= 0.6 is 0 Å². The molecule has 6 nitrogen and oxygen atoms in total. The van der Waals surface area contributed by atoms with Crippen LogP contribution in [-0.4, -0.2) is 50.3 Å². The fourth-order valence-corrected chi connectivity index (χ4v) is 2.95. The summed E-state index contributed by atoms with van der Waals surface area (Å²) in [4.78, 5) is 23.0. The number of rotatable bonds is 6. The van der Waals surface area contributed by atoms with E-state index in [1.807, 2.05) is 30.3 Å². The highest BCUT2D eigenvalue weighted by atomic mass is 16.6. The van der Waals surface area contributed by atoms with Crippen LogP contribution in [0.4, 0.5) is 0 Å². The third-order valence-electron chi connectivity index (χ3n) is 4.33. The molecule has 1 N–H and O–H groups in total. The highest BCUT2D eigenvalue weighted by Gasteiger charge is 2.31. The molecule has 130 valence electrons. The molecule has 0 bridgehead atoms. The van der Waals surface area contributed by atoms with Gasteiger partial charge in [-0.05, 0) is 12.0 Å². The van der Waals surface area contributed by atoms with Crippen LogP contribution in [0.1, 0.15) is 18.4 Å². The minimum absolute atomic E-state index is 0.00401. The Balaban J connectivity index is 1.34. The third kappa shape index (κ3) is 4.87. The largest absolute Gasteiger partial charge is 0.374 e. The van der Waals surface area contributed by atoms with Crippen LogP contribution in [0, 0.1) is 5.92 Å². The average molecular weight is 333 g/mol. The van der Waals surface area contributed by atoms with Gasteiger partial charge < -0.3 is 19.5 Å². The van der Waals surface area contributed by atoms with Crippen molar-refractivity contribution in [1.82, 2.24) is 5.32 Å². The summed E-state index contributed by atoms with van der Waals surface area (Å²) in [5.74, 6) is -0.356. The van der Waals surface area contributed by atoms with E-state index in [0.717, 1.165) is 5.56 Å². The Morgan fingerprint density at radius 2 is 1.83 bits per heavy atom. The first-order valence-electron chi connectivity index (χ1n) is 8.35. The lowest BCUT2D eigenvalue weighted by Crippen LogP contribution is -2.45. The van der Waals surface area contributed by atoms with Crippen LogP contribution in [0.3, 0.4) is 0 Å². The Kier molecular flexibility index (Phi) is 5.96. The van der Waals surface area contributed by atoms with Crippen LogP contribution < -0.4 is 5.32 Å². The highest BCUT2D eigenvalue weighted by Crippen LogP contribution is 2.19. The molecule has 0 aromatic heterocycles. The lowest BCUT2D eigenvalue weighted by atomic mass is 9.92. The van der Waals surface area contributed by atoms with E-state index in [2.05, 4.69) is 5.32 Å². The molecule has 2 heterocycles. The maximum Gasteiger partial charge on any atom is 0.227 e. The van der Waals surface area contributed by atoms with Crippen molar-refractivity contribution in [1.29, 1.82) is 0 Å². The van der Waals surface area contributed by atoms with E-state index < -0.39 is 0 Å². The number of benzene rings is 1. The maximum atomic E-state index is 11.8. The Labute approximate surface area is 141 Å². The van der Waals surface area contributed by atoms with Gasteiger partial charge >= 0.3 is 0 Å². The minimum atomic E-state index is -0.187. The normalized spacial score (nSPS) is 27.8. The van der Waals surface area contributed by atoms with Crippen molar-refractivity contribution in [2.75, 3.05) is 26.4 Å². The topological polar surface area (TPSA) is 73.9 Å². The smallest absolute Gasteiger partial charge is 0.227 e. The number of piperidine rings is 1. The van der Waals surface area contributed by atoms with E-state index in [0.29, 0.717) is 39.4 Å². The number of hydrogen-bond donors (Lipinski definition) is 1. The van der Waals surface area contributed by atoms with Crippen LogP contribution in [0.5, 0.6) is 0 Å². The molecule has 2 aliphatic heterocycles. The van der Waals surface area contributed by atoms with Crippen LogP contribution in [0.2, 0.25) is 0 Å². The van der Waals surface area contributed by atoms with Gasteiger partial charge in [-0.1, -0.05) is 30.3 Å². The number of ketones is 1. The number of ether oxygens (including phenoxy) is 3. The quantitative estimate of drug-likeness (QED) is 0.789. The van der Waals surface area contributed by atoms with Crippen molar-refractivity contribution in [2.45, 2.75) is 31.7 Å². The zero-order valence-electron chi connectivity index (χ0n) is 13.6. The van der Waals surface area contributed by atoms with Gasteiger partial charge in [0.2, 0.25) is 5.91 Å². The number of hydrogen-bond acceptors (Lipinski definition) is 5. The molecule has 3 rings (SSSR count). The lowest BCUT2D eigenvalue weighted by Gasteiger charge is -2.32. The molecule has 1 aromatic rings. The summed E-state index contributed by atoms with van der Waals surface area (Å²) in [5.41, 5.74) is 1.13. The first-order valence-corrected chi connectivity index (χ1v) is 8.35. The predicted molar refractivity (Wildman–Crippen MR) is 86.3 cm³/mol. The summed E-state index contributed by atoms with van der Waals surface area (Å²) >= 11 is 0. The van der Waals surface area contributed by atoms with E-state index in [9.17, 15) is 9.59 Å². The molecule has 1 amide bonds. The Hall–Kier alpha value is -1.76. The molecule has 24 heavy (non-hydrogen) atoms. The number of carbonyl (C=O) groups excluding carboxylic acids is 2. The molecule has 6 heteroatoms. The van der Waals surface area contributed by atoms with Gasteiger partial charge in [0.15, 0.2) is 0 Å². The summed E-state index contributed by atoms with van der Waals surface area (Å²) in [5, 5.41) is 2.73. The van der Waals surface area contributed by atoms with E-state index in [1.165, 1.54) is 0 Å². The monoisotopic (exact) mass is 333 g/mol. The summed E-state index contributed by atoms with van der Waals surface area (Å²) in [6.45, 7) is 2.37. The van der Waals surface area contributed by atoms with Crippen LogP contribution in [0.25, 0.3) is 0 Å². The van der Waals surface area contributed by atoms with Crippen molar-refractivity contribution >= 4 is 11.7 Å². The second-order valence-corrected chi connectivity index (χ2v) is 6.29. The molecule has 0 spiro atoms. The Morgan fingerprint density at radius 3 is 2.54 bits per heavy atom. The van der Waals surface area contributed by atoms with Crippen molar-refractivity contribution in [2.24, 2.45) is 5.92 Å². The molecular formula is C18H23NO5. The molecule has 1 unspecified atom stereocenters. The van der Waals surface area contributed by atoms with Crippen molar-refractivity contribution in [3.8, 4) is 0 Å². The van der Waals surface area contributed by atoms with Gasteiger partial charge in [-0.15, -0.1) is 0 Å². The molecule has 2 aliphatic rings. The summed E-state index contributed by atoms with van der Waals surface area (Å²) in [7, 11) is 0. The maximum absolute atomic E-state index is 11.8. The van der Waals surface area contributed by atoms with Gasteiger partial charge in [-0.3, -0.25) is 9.59 Å². The second-order valence-electron chi connectivity index (χ2n) is 6.29. The second kappa shape index (κ2) is 8.37. The summed E-state index contributed by atoms with van der Waals surface area (Å²) in [6, 6.07) is 9.99. The molecule has 1 aromatic carbocycles. The van der Waals surface area contributed by atoms with Gasteiger partial charge in [0.1, 0.15) is 11.9 Å². The van der Waals surface area contributed by atoms with E-state index in [-0.39, 0.29) is 36.2 Å². The first-order chi connectivity index (χ1) is 11.7. The SMILES string of the molecule is O=C1CC(=O)C(C[C@H]2CO[C@H](COCc3ccccc3)CO2)CN1. The molecule has 3 atom stereocenters. The fourth-order valence-electron chi connectivity index (χ4n) is 2.95. The molecule has 0 saturated carbocycles. The van der Waals surface area contributed by atoms with Crippen molar-refractivity contribution < 1.29 is 23.8 Å². The van der Waals surface area contributed by atoms with Crippen molar-refractivity contribution in [3.63, 3.8) is 0 Å². The number of amides is 1. The molecule has 2 saturated heterocycles. The van der Waals surface area contributed by atoms with Crippen LogP contribution in [-0.2, 0) is 30.4 Å². The van der Waals surface area contributed by atoms with Gasteiger partial charge in [0, 0.05) is 12.5 Å². The third-order valence-corrected chi connectivity index (χ3v) is 4.33. The zero-order chi connectivity index (χ0) is 16.8. The molecule has 2 fully saturated rings. The van der Waals surface area contributed by atoms with E-state index >= 15 is 0 Å². The zero-order valence-corrected chi connectivity index (χ0v) is 13.6. The van der Waals surface area contributed by atoms with Crippen molar-refractivity contribution in [3.05, 3.63) is 35.9 Å².